The van der Waals surface area contributed by atoms with Crippen molar-refractivity contribution in [3.05, 3.63) is 70.9 Å². The number of nitrogens with zero attached hydrogens (tertiary/aromatic N) is 5. The van der Waals surface area contributed by atoms with Crippen molar-refractivity contribution in [1.29, 1.82) is 0 Å². The Kier molecular flexibility index (Phi) is 4.80. The van der Waals surface area contributed by atoms with Gasteiger partial charge < -0.3 is 14.2 Å². The molecule has 0 N–H and O–H groups in total. The van der Waals surface area contributed by atoms with E-state index in [2.05, 4.69) is 10.00 Å². The van der Waals surface area contributed by atoms with Gasteiger partial charge in [-0.05, 0) is 31.2 Å². The molecule has 3 amide bonds. The quantitative estimate of drug-likeness (QED) is 0.585. The molecule has 4 heterocycles. The minimum Gasteiger partial charge on any atom is -0.459 e. The summed E-state index contributed by atoms with van der Waals surface area (Å²) in [4.78, 5) is 44.0. The van der Waals surface area contributed by atoms with Crippen molar-refractivity contribution in [1.82, 2.24) is 19.6 Å². The Morgan fingerprint density at radius 3 is 2.50 bits per heavy atom. The lowest BCUT2D eigenvalue weighted by Gasteiger charge is -2.36. The Hall–Kier alpha value is -3.88. The Labute approximate surface area is 184 Å². The van der Waals surface area contributed by atoms with E-state index >= 15 is 0 Å². The number of fused-ring (bicyclic) bond motifs is 1. The summed E-state index contributed by atoms with van der Waals surface area (Å²) in [5.74, 6) is -0.405. The average Bonchev–Trinajstić information content (AvgIpc) is 3.52. The van der Waals surface area contributed by atoms with E-state index in [1.807, 2.05) is 20.0 Å². The third-order valence-corrected chi connectivity index (χ3v) is 6.28. The van der Waals surface area contributed by atoms with Gasteiger partial charge in [0, 0.05) is 44.5 Å². The summed E-state index contributed by atoms with van der Waals surface area (Å²) in [7, 11) is 1.83. The first-order chi connectivity index (χ1) is 15.5. The lowest BCUT2D eigenvalue weighted by molar-refractivity contribution is 0.0640. The van der Waals surface area contributed by atoms with Crippen LogP contribution in [0.5, 0.6) is 0 Å². The minimum absolute atomic E-state index is 0.141. The number of piperazine rings is 1. The van der Waals surface area contributed by atoms with Crippen molar-refractivity contribution >= 4 is 23.4 Å². The molecule has 0 aliphatic carbocycles. The number of hydrogen-bond acceptors (Lipinski definition) is 6. The molecule has 1 fully saturated rings. The molecule has 2 aromatic heterocycles. The lowest BCUT2D eigenvalue weighted by atomic mass is 10.1. The fraction of sp³-hybridized carbons (Fsp3) is 0.304. The van der Waals surface area contributed by atoms with Crippen LogP contribution in [-0.2, 0) is 13.6 Å². The second-order valence-electron chi connectivity index (χ2n) is 8.03. The molecule has 2 aliphatic rings. The maximum absolute atomic E-state index is 13.3. The number of rotatable bonds is 4. The van der Waals surface area contributed by atoms with E-state index in [0.29, 0.717) is 43.1 Å². The Morgan fingerprint density at radius 2 is 1.84 bits per heavy atom. The first-order valence-corrected chi connectivity index (χ1v) is 10.5. The molecule has 9 heteroatoms. The standard InChI is InChI=1S/C23H23N5O4/c1-15-16(13-24-25(15)2)14-28-21(29)17-5-3-6-18(20(17)23(28)31)26-8-10-27(11-9-26)22(30)19-7-4-12-32-19/h3-7,12-13H,8-11,14H2,1-2H3. The minimum atomic E-state index is -0.294. The first-order valence-electron chi connectivity index (χ1n) is 10.5. The van der Waals surface area contributed by atoms with E-state index in [-0.39, 0.29) is 24.3 Å². The number of aryl methyl sites for hydroxylation is 1. The molecule has 5 rings (SSSR count). The molecule has 3 aromatic rings. The van der Waals surface area contributed by atoms with Gasteiger partial charge in [-0.1, -0.05) is 6.07 Å². The molecule has 0 atom stereocenters. The number of aromatic nitrogens is 2. The van der Waals surface area contributed by atoms with Crippen LogP contribution in [0.15, 0.2) is 47.2 Å². The number of furan rings is 1. The van der Waals surface area contributed by atoms with Gasteiger partial charge in [-0.3, -0.25) is 24.0 Å². The van der Waals surface area contributed by atoms with Crippen molar-refractivity contribution < 1.29 is 18.8 Å². The average molecular weight is 433 g/mol. The van der Waals surface area contributed by atoms with Crippen LogP contribution < -0.4 is 4.90 Å². The lowest BCUT2D eigenvalue weighted by Crippen LogP contribution is -2.49. The molecule has 0 radical (unpaired) electrons. The summed E-state index contributed by atoms with van der Waals surface area (Å²) in [5, 5.41) is 4.21. The van der Waals surface area contributed by atoms with E-state index in [0.717, 1.165) is 16.9 Å². The second kappa shape index (κ2) is 7.67. The zero-order valence-corrected chi connectivity index (χ0v) is 17.9. The molecule has 164 valence electrons. The maximum Gasteiger partial charge on any atom is 0.289 e. The highest BCUT2D eigenvalue weighted by atomic mass is 16.3. The first kappa shape index (κ1) is 20.0. The van der Waals surface area contributed by atoms with Crippen LogP contribution in [0.2, 0.25) is 0 Å². The summed E-state index contributed by atoms with van der Waals surface area (Å²) >= 11 is 0. The van der Waals surface area contributed by atoms with Crippen molar-refractivity contribution in [2.45, 2.75) is 13.5 Å². The van der Waals surface area contributed by atoms with Gasteiger partial charge in [-0.15, -0.1) is 0 Å². The zero-order chi connectivity index (χ0) is 22.4. The van der Waals surface area contributed by atoms with Crippen LogP contribution in [0.3, 0.4) is 0 Å². The van der Waals surface area contributed by atoms with Crippen LogP contribution in [0.25, 0.3) is 0 Å². The Bertz CT molecular complexity index is 1210. The predicted octanol–water partition coefficient (Wildman–Crippen LogP) is 2.08. The molecule has 1 aromatic carbocycles. The molecule has 1 saturated heterocycles. The van der Waals surface area contributed by atoms with Gasteiger partial charge in [0.05, 0.1) is 35.8 Å². The van der Waals surface area contributed by atoms with Gasteiger partial charge >= 0.3 is 0 Å². The third-order valence-electron chi connectivity index (χ3n) is 6.28. The van der Waals surface area contributed by atoms with E-state index < -0.39 is 0 Å². The molecule has 32 heavy (non-hydrogen) atoms. The summed E-state index contributed by atoms with van der Waals surface area (Å²) in [5.41, 5.74) is 3.34. The van der Waals surface area contributed by atoms with Crippen molar-refractivity contribution in [3.8, 4) is 0 Å². The maximum atomic E-state index is 13.3. The highest BCUT2D eigenvalue weighted by molar-refractivity contribution is 6.23. The molecular formula is C23H23N5O4. The number of hydrogen-bond donors (Lipinski definition) is 0. The molecular weight excluding hydrogens is 410 g/mol. The SMILES string of the molecule is Cc1c(CN2C(=O)c3cccc(N4CCN(C(=O)c5ccco5)CC4)c3C2=O)cnn1C. The van der Waals surface area contributed by atoms with Gasteiger partial charge in [0.1, 0.15) is 0 Å². The number of carbonyl (C=O) groups excluding carboxylic acids is 3. The number of amides is 3. The fourth-order valence-electron chi connectivity index (χ4n) is 4.30. The summed E-state index contributed by atoms with van der Waals surface area (Å²) < 4.78 is 6.94. The van der Waals surface area contributed by atoms with E-state index in [4.69, 9.17) is 4.42 Å². The zero-order valence-electron chi connectivity index (χ0n) is 17.9. The molecule has 0 bridgehead atoms. The van der Waals surface area contributed by atoms with Gasteiger partial charge in [0.15, 0.2) is 5.76 Å². The van der Waals surface area contributed by atoms with Gasteiger partial charge in [0.2, 0.25) is 0 Å². The van der Waals surface area contributed by atoms with Crippen LogP contribution in [0.1, 0.15) is 42.5 Å². The summed E-state index contributed by atoms with van der Waals surface area (Å²) in [6, 6.07) is 8.72. The molecule has 0 unspecified atom stereocenters. The van der Waals surface area contributed by atoms with Crippen LogP contribution in [0.4, 0.5) is 5.69 Å². The van der Waals surface area contributed by atoms with Gasteiger partial charge in [-0.2, -0.15) is 5.10 Å². The third kappa shape index (κ3) is 3.17. The topological polar surface area (TPSA) is 91.9 Å². The molecule has 0 saturated carbocycles. The Balaban J connectivity index is 1.35. The monoisotopic (exact) mass is 433 g/mol. The molecule has 9 nitrogen and oxygen atoms in total. The van der Waals surface area contributed by atoms with Gasteiger partial charge in [-0.25, -0.2) is 0 Å². The number of benzene rings is 1. The number of carbonyl (C=O) groups is 3. The number of imide groups is 1. The van der Waals surface area contributed by atoms with E-state index in [9.17, 15) is 14.4 Å². The van der Waals surface area contributed by atoms with Crippen molar-refractivity contribution in [3.63, 3.8) is 0 Å². The largest absolute Gasteiger partial charge is 0.459 e. The Morgan fingerprint density at radius 1 is 1.06 bits per heavy atom. The van der Waals surface area contributed by atoms with E-state index in [1.54, 1.807) is 40.0 Å². The summed E-state index contributed by atoms with van der Waals surface area (Å²) in [6.07, 6.45) is 3.17. The van der Waals surface area contributed by atoms with Crippen LogP contribution >= 0.6 is 0 Å². The summed E-state index contributed by atoms with van der Waals surface area (Å²) in [6.45, 7) is 4.23. The second-order valence-corrected chi connectivity index (χ2v) is 8.03. The molecule has 2 aliphatic heterocycles. The van der Waals surface area contributed by atoms with Crippen molar-refractivity contribution in [2.75, 3.05) is 31.1 Å². The number of anilines is 1. The highest BCUT2D eigenvalue weighted by Crippen LogP contribution is 2.33. The van der Waals surface area contributed by atoms with Crippen molar-refractivity contribution in [2.24, 2.45) is 7.05 Å². The molecule has 0 spiro atoms. The van der Waals surface area contributed by atoms with Crippen LogP contribution in [-0.4, -0.2) is 63.5 Å². The fourth-order valence-corrected chi connectivity index (χ4v) is 4.30. The normalized spacial score (nSPS) is 16.1. The smallest absolute Gasteiger partial charge is 0.289 e. The van der Waals surface area contributed by atoms with E-state index in [1.165, 1.54) is 11.2 Å². The predicted molar refractivity (Wildman–Crippen MR) is 115 cm³/mol. The van der Waals surface area contributed by atoms with Crippen LogP contribution in [0, 0.1) is 6.92 Å². The highest BCUT2D eigenvalue weighted by Gasteiger charge is 2.39. The van der Waals surface area contributed by atoms with Gasteiger partial charge in [0.25, 0.3) is 17.7 Å².